The molecule has 0 aromatic heterocycles. The Bertz CT molecular complexity index is 319. The van der Waals surface area contributed by atoms with Crippen molar-refractivity contribution in [2.24, 2.45) is 5.92 Å². The molecule has 20 heavy (non-hydrogen) atoms. The van der Waals surface area contributed by atoms with Crippen molar-refractivity contribution in [3.63, 3.8) is 0 Å². The first-order valence-electron chi connectivity index (χ1n) is 7.80. The summed E-state index contributed by atoms with van der Waals surface area (Å²) in [4.78, 5) is 15.6. The number of carboxylic acids is 1. The van der Waals surface area contributed by atoms with E-state index in [1.807, 2.05) is 0 Å². The number of ether oxygens (including phenoxy) is 1. The van der Waals surface area contributed by atoms with Crippen LogP contribution in [-0.2, 0) is 9.53 Å². The summed E-state index contributed by atoms with van der Waals surface area (Å²) in [6.45, 7) is 11.1. The number of carbonyl (C=O) groups is 1. The summed E-state index contributed by atoms with van der Waals surface area (Å²) >= 11 is 0. The number of likely N-dealkylation sites (tertiary alicyclic amines) is 1. The molecule has 0 saturated carbocycles. The lowest BCUT2D eigenvalue weighted by molar-refractivity contribution is -0.143. The molecule has 0 bridgehead atoms. The summed E-state index contributed by atoms with van der Waals surface area (Å²) in [6, 6.07) is -0.348. The van der Waals surface area contributed by atoms with Gasteiger partial charge in [0.2, 0.25) is 0 Å². The van der Waals surface area contributed by atoms with Crippen molar-refractivity contribution < 1.29 is 14.6 Å². The first-order valence-corrected chi connectivity index (χ1v) is 7.80. The van der Waals surface area contributed by atoms with Crippen LogP contribution >= 0.6 is 0 Å². The average molecular weight is 284 g/mol. The molecule has 116 valence electrons. The molecule has 0 aromatic carbocycles. The zero-order chi connectivity index (χ0) is 14.7. The van der Waals surface area contributed by atoms with Crippen LogP contribution in [0.15, 0.2) is 0 Å². The van der Waals surface area contributed by atoms with Crippen molar-refractivity contribution in [1.29, 1.82) is 0 Å². The van der Waals surface area contributed by atoms with E-state index in [2.05, 4.69) is 23.6 Å². The van der Waals surface area contributed by atoms with Crippen LogP contribution in [0, 0.1) is 5.92 Å². The second-order valence-electron chi connectivity index (χ2n) is 6.47. The molecule has 5 heteroatoms. The maximum Gasteiger partial charge on any atom is 0.320 e. The Kier molecular flexibility index (Phi) is 5.41. The Morgan fingerprint density at radius 3 is 2.30 bits per heavy atom. The lowest BCUT2D eigenvalue weighted by atomic mass is 9.94. The Labute approximate surface area is 121 Å². The molecule has 0 unspecified atom stereocenters. The van der Waals surface area contributed by atoms with E-state index in [9.17, 15) is 4.79 Å². The van der Waals surface area contributed by atoms with Crippen molar-refractivity contribution in [1.82, 2.24) is 9.80 Å². The third kappa shape index (κ3) is 4.17. The van der Waals surface area contributed by atoms with Crippen molar-refractivity contribution in [2.45, 2.75) is 51.9 Å². The molecule has 0 amide bonds. The number of piperidine rings is 1. The van der Waals surface area contributed by atoms with Crippen molar-refractivity contribution in [3.05, 3.63) is 0 Å². The van der Waals surface area contributed by atoms with E-state index in [0.717, 1.165) is 45.6 Å². The SMILES string of the molecule is C[C@@H]1CN(CC2CCN([C@H](C)C(=O)O)CC2)C[C@H](C)O1. The lowest BCUT2D eigenvalue weighted by Gasteiger charge is -2.40. The van der Waals surface area contributed by atoms with Gasteiger partial charge in [-0.3, -0.25) is 14.6 Å². The second-order valence-corrected chi connectivity index (χ2v) is 6.47. The molecule has 0 aliphatic carbocycles. The Hall–Kier alpha value is -0.650. The summed E-state index contributed by atoms with van der Waals surface area (Å²) < 4.78 is 5.77. The minimum atomic E-state index is -0.709. The van der Waals surface area contributed by atoms with Gasteiger partial charge >= 0.3 is 5.97 Å². The van der Waals surface area contributed by atoms with Gasteiger partial charge in [-0.15, -0.1) is 0 Å². The standard InChI is InChI=1S/C15H28N2O3/c1-11-8-16(9-12(2)20-11)10-14-4-6-17(7-5-14)13(3)15(18)19/h11-14H,4-10H2,1-3H3,(H,18,19)/t11-,12+,13-/m1/s1. The van der Waals surface area contributed by atoms with Crippen LogP contribution in [0.25, 0.3) is 0 Å². The molecular weight excluding hydrogens is 256 g/mol. The van der Waals surface area contributed by atoms with Crippen LogP contribution in [-0.4, -0.2) is 71.8 Å². The van der Waals surface area contributed by atoms with E-state index in [1.165, 1.54) is 0 Å². The van der Waals surface area contributed by atoms with Gasteiger partial charge in [0.05, 0.1) is 12.2 Å². The van der Waals surface area contributed by atoms with Crippen LogP contribution < -0.4 is 0 Å². The summed E-state index contributed by atoms with van der Waals surface area (Å²) in [5.41, 5.74) is 0. The first-order chi connectivity index (χ1) is 9.45. The fourth-order valence-electron chi connectivity index (χ4n) is 3.48. The number of hydrogen-bond acceptors (Lipinski definition) is 4. The Balaban J connectivity index is 1.75. The van der Waals surface area contributed by atoms with E-state index in [4.69, 9.17) is 9.84 Å². The molecule has 0 spiro atoms. The molecule has 1 N–H and O–H groups in total. The summed E-state index contributed by atoms with van der Waals surface area (Å²) in [7, 11) is 0. The normalized spacial score (nSPS) is 32.1. The largest absolute Gasteiger partial charge is 0.480 e. The minimum Gasteiger partial charge on any atom is -0.480 e. The third-order valence-corrected chi connectivity index (χ3v) is 4.57. The molecule has 2 fully saturated rings. The molecule has 2 heterocycles. The smallest absolute Gasteiger partial charge is 0.320 e. The number of carboxylic acid groups (broad SMARTS) is 1. The van der Waals surface area contributed by atoms with Crippen LogP contribution in [0.4, 0.5) is 0 Å². The topological polar surface area (TPSA) is 53.0 Å². The highest BCUT2D eigenvalue weighted by Gasteiger charge is 2.29. The fourth-order valence-corrected chi connectivity index (χ4v) is 3.48. The van der Waals surface area contributed by atoms with Crippen molar-refractivity contribution in [2.75, 3.05) is 32.7 Å². The maximum absolute atomic E-state index is 11.0. The van der Waals surface area contributed by atoms with Crippen LogP contribution in [0.5, 0.6) is 0 Å². The molecule has 2 aliphatic rings. The maximum atomic E-state index is 11.0. The molecule has 2 aliphatic heterocycles. The van der Waals surface area contributed by atoms with Crippen molar-refractivity contribution in [3.8, 4) is 0 Å². The molecular formula is C15H28N2O3. The predicted octanol–water partition coefficient (Wildman–Crippen LogP) is 1.28. The van der Waals surface area contributed by atoms with E-state index in [-0.39, 0.29) is 6.04 Å². The molecule has 0 aromatic rings. The predicted molar refractivity (Wildman–Crippen MR) is 77.8 cm³/mol. The van der Waals surface area contributed by atoms with Gasteiger partial charge in [0, 0.05) is 19.6 Å². The average Bonchev–Trinajstić information content (AvgIpc) is 2.37. The van der Waals surface area contributed by atoms with Crippen LogP contribution in [0.1, 0.15) is 33.6 Å². The highest BCUT2D eigenvalue weighted by Crippen LogP contribution is 2.22. The van der Waals surface area contributed by atoms with Gasteiger partial charge in [0.15, 0.2) is 0 Å². The van der Waals surface area contributed by atoms with Crippen LogP contribution in [0.3, 0.4) is 0 Å². The van der Waals surface area contributed by atoms with Gasteiger partial charge in [-0.1, -0.05) is 0 Å². The second kappa shape index (κ2) is 6.87. The molecule has 2 saturated heterocycles. The van der Waals surface area contributed by atoms with Gasteiger partial charge in [0.1, 0.15) is 6.04 Å². The van der Waals surface area contributed by atoms with E-state index >= 15 is 0 Å². The molecule has 5 nitrogen and oxygen atoms in total. The molecule has 0 radical (unpaired) electrons. The monoisotopic (exact) mass is 284 g/mol. The van der Waals surface area contributed by atoms with Gasteiger partial charge in [-0.2, -0.15) is 0 Å². The minimum absolute atomic E-state index is 0.325. The fraction of sp³-hybridized carbons (Fsp3) is 0.933. The van der Waals surface area contributed by atoms with E-state index < -0.39 is 5.97 Å². The van der Waals surface area contributed by atoms with E-state index in [1.54, 1.807) is 6.92 Å². The van der Waals surface area contributed by atoms with Crippen LogP contribution in [0.2, 0.25) is 0 Å². The Morgan fingerprint density at radius 1 is 1.25 bits per heavy atom. The lowest BCUT2D eigenvalue weighted by Crippen LogP contribution is -2.49. The van der Waals surface area contributed by atoms with Gasteiger partial charge < -0.3 is 9.84 Å². The number of rotatable bonds is 4. The summed E-state index contributed by atoms with van der Waals surface area (Å²) in [5.74, 6) is -0.0102. The number of hydrogen-bond donors (Lipinski definition) is 1. The number of nitrogens with zero attached hydrogens (tertiary/aromatic N) is 2. The van der Waals surface area contributed by atoms with Gasteiger partial charge in [0.25, 0.3) is 0 Å². The van der Waals surface area contributed by atoms with Gasteiger partial charge in [-0.05, 0) is 52.6 Å². The highest BCUT2D eigenvalue weighted by atomic mass is 16.5. The first kappa shape index (κ1) is 15.7. The molecule has 3 atom stereocenters. The van der Waals surface area contributed by atoms with Crippen molar-refractivity contribution >= 4 is 5.97 Å². The number of morpholine rings is 1. The van der Waals surface area contributed by atoms with E-state index in [0.29, 0.717) is 18.1 Å². The van der Waals surface area contributed by atoms with Gasteiger partial charge in [-0.25, -0.2) is 0 Å². The highest BCUT2D eigenvalue weighted by molar-refractivity contribution is 5.72. The summed E-state index contributed by atoms with van der Waals surface area (Å²) in [5, 5.41) is 9.06. The molecule has 2 rings (SSSR count). The Morgan fingerprint density at radius 2 is 1.80 bits per heavy atom. The third-order valence-electron chi connectivity index (χ3n) is 4.57. The zero-order valence-electron chi connectivity index (χ0n) is 12.9. The zero-order valence-corrected chi connectivity index (χ0v) is 12.9. The summed E-state index contributed by atoms with van der Waals surface area (Å²) in [6.07, 6.45) is 2.87. The quantitative estimate of drug-likeness (QED) is 0.843. The number of aliphatic carboxylic acids is 1.